The third-order valence-corrected chi connectivity index (χ3v) is 6.94. The van der Waals surface area contributed by atoms with Gasteiger partial charge in [0.1, 0.15) is 12.3 Å². The molecule has 190 valence electrons. The Labute approximate surface area is 216 Å². The molecule has 0 spiro atoms. The van der Waals surface area contributed by atoms with Crippen molar-refractivity contribution < 1.29 is 19.1 Å². The van der Waals surface area contributed by atoms with Crippen molar-refractivity contribution in [3.63, 3.8) is 0 Å². The lowest BCUT2D eigenvalue weighted by molar-refractivity contribution is -0.118. The Balaban J connectivity index is 1.26. The number of amides is 2. The van der Waals surface area contributed by atoms with Crippen LogP contribution in [0, 0.1) is 5.95 Å². The summed E-state index contributed by atoms with van der Waals surface area (Å²) in [5, 5.41) is 16.9. The minimum Gasteiger partial charge on any atom is -0.387 e. The van der Waals surface area contributed by atoms with E-state index in [1.807, 2.05) is 17.5 Å². The summed E-state index contributed by atoms with van der Waals surface area (Å²) in [6.45, 7) is 0.655. The Kier molecular flexibility index (Phi) is 7.24. The van der Waals surface area contributed by atoms with Gasteiger partial charge in [-0.2, -0.15) is 4.39 Å². The van der Waals surface area contributed by atoms with Gasteiger partial charge in [-0.1, -0.05) is 0 Å². The highest BCUT2D eigenvalue weighted by Gasteiger charge is 2.28. The predicted octanol–water partition coefficient (Wildman–Crippen LogP) is 4.05. The fourth-order valence-electron chi connectivity index (χ4n) is 4.47. The first-order chi connectivity index (χ1) is 18.0. The van der Waals surface area contributed by atoms with Gasteiger partial charge in [-0.05, 0) is 66.9 Å². The van der Waals surface area contributed by atoms with Gasteiger partial charge in [0, 0.05) is 42.2 Å². The highest BCUT2D eigenvalue weighted by atomic mass is 32.1. The van der Waals surface area contributed by atoms with Crippen LogP contribution in [-0.2, 0) is 11.3 Å². The number of carbonyl (C=O) groups is 2. The molecule has 1 fully saturated rings. The van der Waals surface area contributed by atoms with Crippen LogP contribution in [0.4, 0.5) is 20.9 Å². The average Bonchev–Trinajstić information content (AvgIpc) is 3.65. The van der Waals surface area contributed by atoms with Gasteiger partial charge in [0.15, 0.2) is 5.13 Å². The second kappa shape index (κ2) is 10.9. The SMILES string of the molecule is O=C(CO)Nc1ccc(N2CCC[C@@H]2c2csc(NC(=O)c3cccn3Cc3ccnc(F)c3)n2)cc1. The summed E-state index contributed by atoms with van der Waals surface area (Å²) in [4.78, 5) is 34.9. The van der Waals surface area contributed by atoms with Crippen molar-refractivity contribution in [3.05, 3.63) is 89.2 Å². The van der Waals surface area contributed by atoms with Crippen LogP contribution in [0.5, 0.6) is 0 Å². The van der Waals surface area contributed by atoms with E-state index in [4.69, 9.17) is 10.1 Å². The lowest BCUT2D eigenvalue weighted by Crippen LogP contribution is -2.23. The first-order valence-corrected chi connectivity index (χ1v) is 12.7. The van der Waals surface area contributed by atoms with Crippen LogP contribution in [0.3, 0.4) is 0 Å². The molecule has 11 heteroatoms. The van der Waals surface area contributed by atoms with Gasteiger partial charge in [-0.15, -0.1) is 11.3 Å². The molecule has 1 aromatic carbocycles. The number of hydrogen-bond donors (Lipinski definition) is 3. The summed E-state index contributed by atoms with van der Waals surface area (Å²) in [7, 11) is 0. The summed E-state index contributed by atoms with van der Waals surface area (Å²) < 4.78 is 15.2. The Morgan fingerprint density at radius 2 is 2.00 bits per heavy atom. The summed E-state index contributed by atoms with van der Waals surface area (Å²) in [5.74, 6) is -1.30. The molecule has 3 N–H and O–H groups in total. The highest BCUT2D eigenvalue weighted by Crippen LogP contribution is 2.37. The Bertz CT molecular complexity index is 1400. The lowest BCUT2D eigenvalue weighted by atomic mass is 10.1. The van der Waals surface area contributed by atoms with E-state index in [1.54, 1.807) is 41.1 Å². The Hall–Kier alpha value is -4.09. The number of pyridine rings is 1. The summed E-state index contributed by atoms with van der Waals surface area (Å²) in [6.07, 6.45) is 5.12. The Morgan fingerprint density at radius 1 is 1.16 bits per heavy atom. The minimum absolute atomic E-state index is 0.0743. The summed E-state index contributed by atoms with van der Waals surface area (Å²) >= 11 is 1.37. The maximum atomic E-state index is 13.5. The molecule has 1 aliphatic heterocycles. The van der Waals surface area contributed by atoms with E-state index < -0.39 is 18.5 Å². The van der Waals surface area contributed by atoms with E-state index in [-0.39, 0.29) is 11.9 Å². The molecular formula is C26H25FN6O3S. The fraction of sp³-hybridized carbons (Fsp3) is 0.231. The molecule has 37 heavy (non-hydrogen) atoms. The zero-order chi connectivity index (χ0) is 25.8. The maximum Gasteiger partial charge on any atom is 0.274 e. The van der Waals surface area contributed by atoms with Crippen LogP contribution in [0.1, 0.15) is 40.6 Å². The van der Waals surface area contributed by atoms with Gasteiger partial charge in [-0.25, -0.2) is 9.97 Å². The summed E-state index contributed by atoms with van der Waals surface area (Å²) in [5.41, 5.74) is 3.67. The van der Waals surface area contributed by atoms with Crippen LogP contribution in [-0.4, -0.2) is 44.6 Å². The van der Waals surface area contributed by atoms with E-state index in [1.165, 1.54) is 23.6 Å². The van der Waals surface area contributed by atoms with E-state index >= 15 is 0 Å². The summed E-state index contributed by atoms with van der Waals surface area (Å²) in [6, 6.07) is 14.1. The molecule has 1 aliphatic rings. The quantitative estimate of drug-likeness (QED) is 0.302. The second-order valence-electron chi connectivity index (χ2n) is 8.64. The van der Waals surface area contributed by atoms with E-state index in [2.05, 4.69) is 20.5 Å². The number of carbonyl (C=O) groups excluding carboxylic acids is 2. The van der Waals surface area contributed by atoms with Crippen molar-refractivity contribution in [1.29, 1.82) is 0 Å². The number of hydrogen-bond acceptors (Lipinski definition) is 7. The minimum atomic E-state index is -0.560. The number of aliphatic hydroxyl groups excluding tert-OH is 1. The molecule has 0 unspecified atom stereocenters. The molecule has 1 atom stereocenters. The third kappa shape index (κ3) is 5.68. The maximum absolute atomic E-state index is 13.5. The zero-order valence-corrected chi connectivity index (χ0v) is 20.6. The van der Waals surface area contributed by atoms with Gasteiger partial charge in [0.25, 0.3) is 5.91 Å². The van der Waals surface area contributed by atoms with Crippen molar-refractivity contribution in [3.8, 4) is 0 Å². The first-order valence-electron chi connectivity index (χ1n) is 11.8. The standard InChI is InChI=1S/C26H25FN6O3S/c27-23-13-17(9-10-28-23)14-32-11-1-4-22(32)25(36)31-26-30-20(16-37-26)21-3-2-12-33(21)19-7-5-18(6-8-19)29-24(35)15-34/h1,4-11,13,16,21,34H,2-3,12,14-15H2,(H,29,35)(H,30,31,36)/t21-/m1/s1. The van der Waals surface area contributed by atoms with E-state index in [0.29, 0.717) is 28.6 Å². The molecule has 0 aliphatic carbocycles. The molecule has 9 nitrogen and oxygen atoms in total. The van der Waals surface area contributed by atoms with Crippen molar-refractivity contribution in [2.75, 3.05) is 28.7 Å². The smallest absolute Gasteiger partial charge is 0.274 e. The molecule has 0 radical (unpaired) electrons. The molecule has 2 amide bonds. The molecule has 1 saturated heterocycles. The highest BCUT2D eigenvalue weighted by molar-refractivity contribution is 7.14. The monoisotopic (exact) mass is 520 g/mol. The Morgan fingerprint density at radius 3 is 2.78 bits per heavy atom. The van der Waals surface area contributed by atoms with Gasteiger partial charge in [0.2, 0.25) is 11.9 Å². The number of nitrogens with zero attached hydrogens (tertiary/aromatic N) is 4. The van der Waals surface area contributed by atoms with Crippen LogP contribution >= 0.6 is 11.3 Å². The third-order valence-electron chi connectivity index (χ3n) is 6.17. The molecule has 5 rings (SSSR count). The van der Waals surface area contributed by atoms with Crippen LogP contribution in [0.15, 0.2) is 66.3 Å². The van der Waals surface area contributed by atoms with Gasteiger partial charge < -0.3 is 19.9 Å². The van der Waals surface area contributed by atoms with E-state index in [0.717, 1.165) is 30.8 Å². The second-order valence-corrected chi connectivity index (χ2v) is 9.50. The zero-order valence-electron chi connectivity index (χ0n) is 19.8. The largest absolute Gasteiger partial charge is 0.387 e. The van der Waals surface area contributed by atoms with Crippen molar-refractivity contribution >= 4 is 39.7 Å². The van der Waals surface area contributed by atoms with Crippen molar-refractivity contribution in [2.24, 2.45) is 0 Å². The van der Waals surface area contributed by atoms with Gasteiger partial charge in [-0.3, -0.25) is 14.9 Å². The van der Waals surface area contributed by atoms with Gasteiger partial charge >= 0.3 is 0 Å². The number of benzene rings is 1. The topological polar surface area (TPSA) is 112 Å². The van der Waals surface area contributed by atoms with Crippen LogP contribution in [0.25, 0.3) is 0 Å². The lowest BCUT2D eigenvalue weighted by Gasteiger charge is -2.25. The van der Waals surface area contributed by atoms with Crippen LogP contribution < -0.4 is 15.5 Å². The number of anilines is 3. The van der Waals surface area contributed by atoms with Crippen molar-refractivity contribution in [2.45, 2.75) is 25.4 Å². The average molecular weight is 521 g/mol. The number of thiazole rings is 1. The fourth-order valence-corrected chi connectivity index (χ4v) is 5.23. The number of rotatable bonds is 8. The molecule has 4 heterocycles. The van der Waals surface area contributed by atoms with Gasteiger partial charge in [0.05, 0.1) is 11.7 Å². The van der Waals surface area contributed by atoms with Crippen LogP contribution in [0.2, 0.25) is 0 Å². The molecule has 0 saturated carbocycles. The number of halogens is 1. The molecular weight excluding hydrogens is 495 g/mol. The van der Waals surface area contributed by atoms with E-state index in [9.17, 15) is 14.0 Å². The number of aliphatic hydroxyl groups is 1. The molecule has 3 aromatic heterocycles. The van der Waals surface area contributed by atoms with Crippen molar-refractivity contribution in [1.82, 2.24) is 14.5 Å². The predicted molar refractivity (Wildman–Crippen MR) is 139 cm³/mol. The number of nitrogens with one attached hydrogen (secondary N) is 2. The number of aromatic nitrogens is 3. The normalized spacial score (nSPS) is 15.1. The molecule has 4 aromatic rings. The first kappa shape index (κ1) is 24.6. The molecule has 0 bridgehead atoms.